The predicted molar refractivity (Wildman–Crippen MR) is 112 cm³/mol. The second-order valence-corrected chi connectivity index (χ2v) is 7.31. The maximum Gasteiger partial charge on any atom is 0.255 e. The minimum Gasteiger partial charge on any atom is -0.343 e. The monoisotopic (exact) mass is 388 g/mol. The van der Waals surface area contributed by atoms with Gasteiger partial charge in [-0.25, -0.2) is 4.68 Å². The standard InChI is InChI=1S/C23H24N4O2/c1-17-8-7-9-18(14-17)22-20(16-27(25-22)19-10-3-2-4-11-19)23(29)24-15-21(28)26-12-5-6-13-26/h2-4,7-11,14,16H,5-6,12-13,15H2,1H3,(H,24,29). The van der Waals surface area contributed by atoms with Crippen molar-refractivity contribution in [1.29, 1.82) is 0 Å². The molecule has 3 aromatic rings. The quantitative estimate of drug-likeness (QED) is 0.730. The van der Waals surface area contributed by atoms with Crippen molar-refractivity contribution < 1.29 is 9.59 Å². The molecule has 1 fully saturated rings. The Morgan fingerprint density at radius 3 is 2.52 bits per heavy atom. The molecule has 1 N–H and O–H groups in total. The van der Waals surface area contributed by atoms with Crippen molar-refractivity contribution in [2.24, 2.45) is 0 Å². The number of carbonyl (C=O) groups excluding carboxylic acids is 2. The first kappa shape index (κ1) is 18.9. The lowest BCUT2D eigenvalue weighted by atomic mass is 10.1. The Kier molecular flexibility index (Phi) is 5.42. The Morgan fingerprint density at radius 1 is 1.03 bits per heavy atom. The van der Waals surface area contributed by atoms with E-state index in [1.54, 1.807) is 15.8 Å². The van der Waals surface area contributed by atoms with Gasteiger partial charge in [0.2, 0.25) is 5.91 Å². The summed E-state index contributed by atoms with van der Waals surface area (Å²) in [6, 6.07) is 17.6. The third kappa shape index (κ3) is 4.21. The van der Waals surface area contributed by atoms with Crippen LogP contribution in [-0.4, -0.2) is 46.1 Å². The molecule has 29 heavy (non-hydrogen) atoms. The third-order valence-electron chi connectivity index (χ3n) is 5.13. The van der Waals surface area contributed by atoms with E-state index < -0.39 is 0 Å². The van der Waals surface area contributed by atoms with E-state index >= 15 is 0 Å². The molecule has 2 amide bonds. The number of hydrogen-bond acceptors (Lipinski definition) is 3. The molecule has 1 aromatic heterocycles. The number of para-hydroxylation sites is 1. The first-order valence-corrected chi connectivity index (χ1v) is 9.90. The normalized spacial score (nSPS) is 13.5. The van der Waals surface area contributed by atoms with Crippen molar-refractivity contribution in [3.8, 4) is 16.9 Å². The maximum atomic E-state index is 13.0. The molecule has 148 valence electrons. The fourth-order valence-corrected chi connectivity index (χ4v) is 3.59. The minimum atomic E-state index is -0.295. The highest BCUT2D eigenvalue weighted by Gasteiger charge is 2.22. The van der Waals surface area contributed by atoms with Crippen LogP contribution in [0.4, 0.5) is 0 Å². The van der Waals surface area contributed by atoms with Crippen LogP contribution in [-0.2, 0) is 4.79 Å². The highest BCUT2D eigenvalue weighted by atomic mass is 16.2. The molecule has 0 atom stereocenters. The summed E-state index contributed by atoms with van der Waals surface area (Å²) in [5.41, 5.74) is 3.88. The second kappa shape index (κ2) is 8.31. The fraction of sp³-hybridized carbons (Fsp3) is 0.261. The summed E-state index contributed by atoms with van der Waals surface area (Å²) in [6.07, 6.45) is 3.78. The lowest BCUT2D eigenvalue weighted by Gasteiger charge is -2.15. The number of aromatic nitrogens is 2. The smallest absolute Gasteiger partial charge is 0.255 e. The van der Waals surface area contributed by atoms with Crippen molar-refractivity contribution in [1.82, 2.24) is 20.0 Å². The molecule has 0 spiro atoms. The molecule has 1 aliphatic heterocycles. The summed E-state index contributed by atoms with van der Waals surface area (Å²) in [5.74, 6) is -0.334. The minimum absolute atomic E-state index is 0.00259. The number of amides is 2. The van der Waals surface area contributed by atoms with Gasteiger partial charge in [0.05, 0.1) is 17.8 Å². The Hall–Kier alpha value is -3.41. The van der Waals surface area contributed by atoms with Crippen LogP contribution in [0.3, 0.4) is 0 Å². The highest BCUT2D eigenvalue weighted by molar-refractivity contribution is 6.01. The van der Waals surface area contributed by atoms with Gasteiger partial charge in [-0.05, 0) is 38.0 Å². The van der Waals surface area contributed by atoms with Crippen molar-refractivity contribution in [2.45, 2.75) is 19.8 Å². The van der Waals surface area contributed by atoms with E-state index in [4.69, 9.17) is 0 Å². The summed E-state index contributed by atoms with van der Waals surface area (Å²) in [5, 5.41) is 7.46. The highest BCUT2D eigenvalue weighted by Crippen LogP contribution is 2.24. The first-order valence-electron chi connectivity index (χ1n) is 9.90. The van der Waals surface area contributed by atoms with E-state index in [0.29, 0.717) is 11.3 Å². The summed E-state index contributed by atoms with van der Waals surface area (Å²) >= 11 is 0. The van der Waals surface area contributed by atoms with Gasteiger partial charge < -0.3 is 10.2 Å². The van der Waals surface area contributed by atoms with Gasteiger partial charge in [0.1, 0.15) is 5.69 Å². The molecule has 1 saturated heterocycles. The van der Waals surface area contributed by atoms with Crippen LogP contribution < -0.4 is 5.32 Å². The largest absolute Gasteiger partial charge is 0.343 e. The first-order chi connectivity index (χ1) is 14.1. The number of benzene rings is 2. The second-order valence-electron chi connectivity index (χ2n) is 7.31. The topological polar surface area (TPSA) is 67.2 Å². The van der Waals surface area contributed by atoms with Gasteiger partial charge in [-0.1, -0.05) is 42.0 Å². The Bertz CT molecular complexity index is 1020. The lowest BCUT2D eigenvalue weighted by Crippen LogP contribution is -2.38. The molecule has 4 rings (SSSR count). The third-order valence-corrected chi connectivity index (χ3v) is 5.13. The van der Waals surface area contributed by atoms with E-state index in [1.807, 2.05) is 61.5 Å². The summed E-state index contributed by atoms with van der Waals surface area (Å²) in [6.45, 7) is 3.55. The predicted octanol–water partition coefficient (Wildman–Crippen LogP) is 3.20. The number of carbonyl (C=O) groups is 2. The average molecular weight is 388 g/mol. The molecule has 0 unspecified atom stereocenters. The van der Waals surface area contributed by atoms with Gasteiger partial charge in [-0.15, -0.1) is 0 Å². The van der Waals surface area contributed by atoms with Gasteiger partial charge in [-0.3, -0.25) is 9.59 Å². The van der Waals surface area contributed by atoms with Crippen molar-refractivity contribution in [2.75, 3.05) is 19.6 Å². The SMILES string of the molecule is Cc1cccc(-c2nn(-c3ccccc3)cc2C(=O)NCC(=O)N2CCCC2)c1. The number of hydrogen-bond donors (Lipinski definition) is 1. The van der Waals surface area contributed by atoms with E-state index in [2.05, 4.69) is 10.4 Å². The molecule has 2 heterocycles. The van der Waals surface area contributed by atoms with Gasteiger partial charge in [-0.2, -0.15) is 5.10 Å². The molecule has 6 heteroatoms. The zero-order valence-electron chi connectivity index (χ0n) is 16.5. The molecule has 0 aliphatic carbocycles. The summed E-state index contributed by atoms with van der Waals surface area (Å²) in [4.78, 5) is 27.1. The van der Waals surface area contributed by atoms with E-state index in [-0.39, 0.29) is 18.4 Å². The number of likely N-dealkylation sites (tertiary alicyclic amines) is 1. The van der Waals surface area contributed by atoms with Crippen LogP contribution in [0.5, 0.6) is 0 Å². The van der Waals surface area contributed by atoms with Gasteiger partial charge in [0, 0.05) is 24.8 Å². The fourth-order valence-electron chi connectivity index (χ4n) is 3.59. The van der Waals surface area contributed by atoms with E-state index in [0.717, 1.165) is 42.7 Å². The molecular weight excluding hydrogens is 364 g/mol. The Morgan fingerprint density at radius 2 is 1.79 bits per heavy atom. The van der Waals surface area contributed by atoms with Gasteiger partial charge >= 0.3 is 0 Å². The summed E-state index contributed by atoms with van der Waals surface area (Å²) in [7, 11) is 0. The van der Waals surface area contributed by atoms with Crippen LogP contribution in [0.25, 0.3) is 16.9 Å². The molecule has 0 saturated carbocycles. The lowest BCUT2D eigenvalue weighted by molar-refractivity contribution is -0.129. The number of nitrogens with one attached hydrogen (secondary N) is 1. The van der Waals surface area contributed by atoms with Gasteiger partial charge in [0.25, 0.3) is 5.91 Å². The average Bonchev–Trinajstić information content (AvgIpc) is 3.43. The molecule has 1 aliphatic rings. The molecular formula is C23H24N4O2. The van der Waals surface area contributed by atoms with Crippen molar-refractivity contribution >= 4 is 11.8 Å². The van der Waals surface area contributed by atoms with Crippen LogP contribution in [0.15, 0.2) is 60.8 Å². The molecule has 0 radical (unpaired) electrons. The van der Waals surface area contributed by atoms with E-state index in [1.165, 1.54) is 0 Å². The van der Waals surface area contributed by atoms with Crippen LogP contribution in [0.1, 0.15) is 28.8 Å². The number of aryl methyl sites for hydroxylation is 1. The van der Waals surface area contributed by atoms with Crippen LogP contribution in [0, 0.1) is 6.92 Å². The Labute approximate surface area is 170 Å². The molecule has 0 bridgehead atoms. The van der Waals surface area contributed by atoms with Gasteiger partial charge in [0.15, 0.2) is 0 Å². The Balaban J connectivity index is 1.62. The van der Waals surface area contributed by atoms with Crippen LogP contribution >= 0.6 is 0 Å². The van der Waals surface area contributed by atoms with E-state index in [9.17, 15) is 9.59 Å². The summed E-state index contributed by atoms with van der Waals surface area (Å²) < 4.78 is 1.70. The maximum absolute atomic E-state index is 13.0. The zero-order chi connectivity index (χ0) is 20.2. The zero-order valence-corrected chi connectivity index (χ0v) is 16.5. The van der Waals surface area contributed by atoms with Crippen LogP contribution in [0.2, 0.25) is 0 Å². The molecule has 6 nitrogen and oxygen atoms in total. The van der Waals surface area contributed by atoms with Crippen molar-refractivity contribution in [3.05, 3.63) is 71.9 Å². The number of rotatable bonds is 5. The van der Waals surface area contributed by atoms with Crippen molar-refractivity contribution in [3.63, 3.8) is 0 Å². The molecule has 2 aromatic carbocycles. The number of nitrogens with zero attached hydrogens (tertiary/aromatic N) is 3.